The van der Waals surface area contributed by atoms with Gasteiger partial charge in [-0.05, 0) is 36.4 Å². The molecule has 3 aromatic rings. The molecule has 0 aliphatic heterocycles. The lowest BCUT2D eigenvalue weighted by atomic mass is 9.85. The third-order valence-corrected chi connectivity index (χ3v) is 4.33. The zero-order valence-corrected chi connectivity index (χ0v) is 13.7. The highest BCUT2D eigenvalue weighted by atomic mass is 16.5. The van der Waals surface area contributed by atoms with Crippen LogP contribution in [0.4, 0.5) is 11.6 Å². The first-order valence-corrected chi connectivity index (χ1v) is 8.06. The van der Waals surface area contributed by atoms with E-state index in [4.69, 9.17) is 9.15 Å². The molecule has 0 fully saturated rings. The highest BCUT2D eigenvalue weighted by Gasteiger charge is 2.29. The molecule has 25 heavy (non-hydrogen) atoms. The average molecular weight is 335 g/mol. The van der Waals surface area contributed by atoms with Crippen molar-refractivity contribution in [2.24, 2.45) is 0 Å². The Morgan fingerprint density at radius 2 is 2.04 bits per heavy atom. The number of furan rings is 1. The van der Waals surface area contributed by atoms with Crippen LogP contribution in [0.15, 0.2) is 53.3 Å². The molecule has 126 valence electrons. The predicted molar refractivity (Wildman–Crippen MR) is 92.4 cm³/mol. The summed E-state index contributed by atoms with van der Waals surface area (Å²) in [5.41, 5.74) is 2.21. The van der Waals surface area contributed by atoms with Crippen LogP contribution < -0.4 is 10.1 Å². The maximum Gasteiger partial charge on any atom is 0.227 e. The number of ketones is 1. The number of carbonyl (C=O) groups excluding carboxylic acids is 1. The number of anilines is 2. The van der Waals surface area contributed by atoms with Gasteiger partial charge in [-0.25, -0.2) is 9.97 Å². The number of Topliss-reactive ketones (excluding diaryl/α,β-unsaturated/α-hetero) is 1. The standard InChI is InChI=1S/C19H17N3O3/c1-24-14-6-4-13(5-7-14)21-19-20-11-15-16(22-19)9-12(10-17(15)23)18-3-2-8-25-18/h2-8,11-12H,9-10H2,1H3,(H,20,21,22)/t12-/m0/s1. The van der Waals surface area contributed by atoms with Crippen molar-refractivity contribution in [3.63, 3.8) is 0 Å². The van der Waals surface area contributed by atoms with Gasteiger partial charge in [-0.1, -0.05) is 0 Å². The minimum Gasteiger partial charge on any atom is -0.497 e. The molecule has 1 aliphatic carbocycles. The van der Waals surface area contributed by atoms with Gasteiger partial charge in [0.05, 0.1) is 24.6 Å². The van der Waals surface area contributed by atoms with E-state index in [0.717, 1.165) is 22.9 Å². The number of nitrogens with one attached hydrogen (secondary N) is 1. The summed E-state index contributed by atoms with van der Waals surface area (Å²) in [6.45, 7) is 0. The van der Waals surface area contributed by atoms with Crippen molar-refractivity contribution in [3.05, 3.63) is 65.9 Å². The number of rotatable bonds is 4. The molecule has 2 heterocycles. The van der Waals surface area contributed by atoms with Gasteiger partial charge >= 0.3 is 0 Å². The molecule has 0 radical (unpaired) electrons. The van der Waals surface area contributed by atoms with Gasteiger partial charge in [0.1, 0.15) is 11.5 Å². The Bertz CT molecular complexity index is 889. The molecule has 2 aromatic heterocycles. The summed E-state index contributed by atoms with van der Waals surface area (Å²) in [5.74, 6) is 2.15. The van der Waals surface area contributed by atoms with Crippen LogP contribution in [0.25, 0.3) is 0 Å². The van der Waals surface area contributed by atoms with E-state index < -0.39 is 0 Å². The van der Waals surface area contributed by atoms with Crippen LogP contribution in [0.1, 0.15) is 34.2 Å². The molecule has 0 unspecified atom stereocenters. The molecular formula is C19H17N3O3. The average Bonchev–Trinajstić information content (AvgIpc) is 3.17. The molecule has 0 bridgehead atoms. The Morgan fingerprint density at radius 3 is 2.76 bits per heavy atom. The maximum atomic E-state index is 12.4. The third kappa shape index (κ3) is 3.10. The first kappa shape index (κ1) is 15.4. The second-order valence-corrected chi connectivity index (χ2v) is 5.95. The summed E-state index contributed by atoms with van der Waals surface area (Å²) in [6.07, 6.45) is 4.32. The Labute approximate surface area is 144 Å². The molecule has 0 amide bonds. The van der Waals surface area contributed by atoms with Gasteiger partial charge in [-0.2, -0.15) is 0 Å². The fourth-order valence-corrected chi connectivity index (χ4v) is 3.03. The maximum absolute atomic E-state index is 12.4. The number of nitrogens with zero attached hydrogens (tertiary/aromatic N) is 2. The van der Waals surface area contributed by atoms with E-state index in [9.17, 15) is 4.79 Å². The van der Waals surface area contributed by atoms with Crippen LogP contribution >= 0.6 is 0 Å². The monoisotopic (exact) mass is 335 g/mol. The van der Waals surface area contributed by atoms with E-state index in [1.54, 1.807) is 19.6 Å². The van der Waals surface area contributed by atoms with Crippen LogP contribution in [0.3, 0.4) is 0 Å². The summed E-state index contributed by atoms with van der Waals surface area (Å²) < 4.78 is 10.6. The van der Waals surface area contributed by atoms with Crippen LogP contribution in [0.5, 0.6) is 5.75 Å². The zero-order chi connectivity index (χ0) is 17.2. The van der Waals surface area contributed by atoms with Crippen LogP contribution in [0.2, 0.25) is 0 Å². The summed E-state index contributed by atoms with van der Waals surface area (Å²) >= 11 is 0. The molecule has 1 aromatic carbocycles. The van der Waals surface area contributed by atoms with Crippen molar-refractivity contribution in [3.8, 4) is 5.75 Å². The number of benzene rings is 1. The summed E-state index contributed by atoms with van der Waals surface area (Å²) in [4.78, 5) is 21.2. The van der Waals surface area contributed by atoms with E-state index in [-0.39, 0.29) is 11.7 Å². The highest BCUT2D eigenvalue weighted by molar-refractivity contribution is 5.98. The van der Waals surface area contributed by atoms with Gasteiger partial charge < -0.3 is 14.5 Å². The fourth-order valence-electron chi connectivity index (χ4n) is 3.03. The second-order valence-electron chi connectivity index (χ2n) is 5.95. The Hall–Kier alpha value is -3.15. The van der Waals surface area contributed by atoms with Gasteiger partial charge in [0.15, 0.2) is 5.78 Å². The zero-order valence-electron chi connectivity index (χ0n) is 13.7. The van der Waals surface area contributed by atoms with Gasteiger partial charge in [-0.15, -0.1) is 0 Å². The fraction of sp³-hybridized carbons (Fsp3) is 0.211. The van der Waals surface area contributed by atoms with Gasteiger partial charge in [0.25, 0.3) is 0 Å². The Kier molecular flexibility index (Phi) is 3.93. The van der Waals surface area contributed by atoms with Gasteiger partial charge in [-0.3, -0.25) is 4.79 Å². The molecule has 1 aliphatic rings. The smallest absolute Gasteiger partial charge is 0.227 e. The molecule has 0 saturated carbocycles. The Morgan fingerprint density at radius 1 is 1.20 bits per heavy atom. The van der Waals surface area contributed by atoms with E-state index in [1.807, 2.05) is 36.4 Å². The molecule has 1 atom stereocenters. The first-order chi connectivity index (χ1) is 12.2. The van der Waals surface area contributed by atoms with Gasteiger partial charge in [0, 0.05) is 30.6 Å². The number of methoxy groups -OCH3 is 1. The predicted octanol–water partition coefficient (Wildman–Crippen LogP) is 3.73. The molecule has 4 rings (SSSR count). The SMILES string of the molecule is COc1ccc(Nc2ncc3c(n2)C[C@H](c2ccco2)CC3=O)cc1. The van der Waals surface area contributed by atoms with Crippen LogP contribution in [-0.4, -0.2) is 22.9 Å². The number of carbonyl (C=O) groups is 1. The third-order valence-electron chi connectivity index (χ3n) is 4.33. The van der Waals surface area contributed by atoms with Crippen molar-refractivity contribution in [2.45, 2.75) is 18.8 Å². The second kappa shape index (κ2) is 6.39. The van der Waals surface area contributed by atoms with Gasteiger partial charge in [0.2, 0.25) is 5.95 Å². The largest absolute Gasteiger partial charge is 0.497 e. The number of fused-ring (bicyclic) bond motifs is 1. The van der Waals surface area contributed by atoms with E-state index >= 15 is 0 Å². The summed E-state index contributed by atoms with van der Waals surface area (Å²) in [6, 6.07) is 11.2. The van der Waals surface area contributed by atoms with E-state index in [0.29, 0.717) is 24.4 Å². The van der Waals surface area contributed by atoms with Crippen molar-refractivity contribution in [1.29, 1.82) is 0 Å². The number of hydrogen-bond acceptors (Lipinski definition) is 6. The molecule has 1 N–H and O–H groups in total. The van der Waals surface area contributed by atoms with Crippen LogP contribution in [0, 0.1) is 0 Å². The van der Waals surface area contributed by atoms with Crippen molar-refractivity contribution in [2.75, 3.05) is 12.4 Å². The normalized spacial score (nSPS) is 16.4. The highest BCUT2D eigenvalue weighted by Crippen LogP contribution is 2.32. The molecule has 6 nitrogen and oxygen atoms in total. The first-order valence-electron chi connectivity index (χ1n) is 8.06. The lowest BCUT2D eigenvalue weighted by molar-refractivity contribution is 0.0958. The number of aromatic nitrogens is 2. The van der Waals surface area contributed by atoms with E-state index in [1.165, 1.54) is 0 Å². The number of ether oxygens (including phenoxy) is 1. The lowest BCUT2D eigenvalue weighted by Crippen LogP contribution is -2.20. The molecule has 6 heteroatoms. The molecule has 0 spiro atoms. The minimum absolute atomic E-state index is 0.0266. The van der Waals surface area contributed by atoms with E-state index in [2.05, 4.69) is 15.3 Å². The van der Waals surface area contributed by atoms with Crippen LogP contribution in [-0.2, 0) is 6.42 Å². The quantitative estimate of drug-likeness (QED) is 0.783. The minimum atomic E-state index is 0.0266. The number of hydrogen-bond donors (Lipinski definition) is 1. The van der Waals surface area contributed by atoms with Crippen molar-refractivity contribution in [1.82, 2.24) is 9.97 Å². The summed E-state index contributed by atoms with van der Waals surface area (Å²) in [5, 5.41) is 3.16. The lowest BCUT2D eigenvalue weighted by Gasteiger charge is -2.21. The topological polar surface area (TPSA) is 77.2 Å². The summed E-state index contributed by atoms with van der Waals surface area (Å²) in [7, 11) is 1.63. The Balaban J connectivity index is 1.58. The molecular weight excluding hydrogens is 318 g/mol. The van der Waals surface area contributed by atoms with Crippen molar-refractivity contribution >= 4 is 17.4 Å². The van der Waals surface area contributed by atoms with Crippen molar-refractivity contribution < 1.29 is 13.9 Å². The molecule has 0 saturated heterocycles.